The molecule has 0 atom stereocenters. The summed E-state index contributed by atoms with van der Waals surface area (Å²) >= 11 is 3.31. The molecule has 120 valence electrons. The Hall–Kier alpha value is -2.34. The lowest BCUT2D eigenvalue weighted by Crippen LogP contribution is -2.41. The molecule has 0 fully saturated rings. The highest BCUT2D eigenvalue weighted by atomic mass is 79.9. The minimum absolute atomic E-state index is 0.241. The monoisotopic (exact) mass is 376 g/mol. The average Bonchev–Trinajstić information content (AvgIpc) is 2.58. The van der Waals surface area contributed by atoms with Crippen molar-refractivity contribution in [2.24, 2.45) is 0 Å². The number of benzene rings is 2. The molecule has 0 saturated carbocycles. The second-order valence-corrected chi connectivity index (χ2v) is 5.69. The number of amides is 2. The first kappa shape index (κ1) is 17.0. The lowest BCUT2D eigenvalue weighted by molar-refractivity contribution is -0.121. The molecular formula is C17H17BrN2O3. The van der Waals surface area contributed by atoms with Crippen LogP contribution in [0.5, 0.6) is 5.75 Å². The van der Waals surface area contributed by atoms with E-state index in [0.717, 1.165) is 5.56 Å². The van der Waals surface area contributed by atoms with Gasteiger partial charge in [-0.05, 0) is 46.1 Å². The lowest BCUT2D eigenvalue weighted by Gasteiger charge is -2.09. The number of carbonyl (C=O) groups excluding carboxylic acids is 2. The highest BCUT2D eigenvalue weighted by Gasteiger charge is 2.10. The van der Waals surface area contributed by atoms with E-state index in [9.17, 15) is 9.59 Å². The molecule has 6 heteroatoms. The third kappa shape index (κ3) is 5.10. The van der Waals surface area contributed by atoms with Gasteiger partial charge in [-0.2, -0.15) is 0 Å². The van der Waals surface area contributed by atoms with E-state index in [-0.39, 0.29) is 11.8 Å². The van der Waals surface area contributed by atoms with Crippen LogP contribution in [0.2, 0.25) is 0 Å². The maximum absolute atomic E-state index is 12.0. The molecular weight excluding hydrogens is 360 g/mol. The summed E-state index contributed by atoms with van der Waals surface area (Å²) in [6.45, 7) is 0. The van der Waals surface area contributed by atoms with Crippen LogP contribution < -0.4 is 15.6 Å². The van der Waals surface area contributed by atoms with Crippen molar-refractivity contribution in [1.29, 1.82) is 0 Å². The molecule has 2 aromatic carbocycles. The highest BCUT2D eigenvalue weighted by Crippen LogP contribution is 2.25. The van der Waals surface area contributed by atoms with E-state index in [1.54, 1.807) is 25.3 Å². The molecule has 2 rings (SSSR count). The van der Waals surface area contributed by atoms with Gasteiger partial charge in [0.15, 0.2) is 0 Å². The number of rotatable bonds is 5. The molecule has 0 saturated heterocycles. The van der Waals surface area contributed by atoms with Gasteiger partial charge in [0, 0.05) is 12.0 Å². The normalized spacial score (nSPS) is 10.0. The van der Waals surface area contributed by atoms with Gasteiger partial charge in [0.2, 0.25) is 5.91 Å². The van der Waals surface area contributed by atoms with Crippen molar-refractivity contribution >= 4 is 27.7 Å². The smallest absolute Gasteiger partial charge is 0.269 e. The molecule has 0 radical (unpaired) electrons. The van der Waals surface area contributed by atoms with Crippen molar-refractivity contribution in [2.75, 3.05) is 7.11 Å². The first-order valence-electron chi connectivity index (χ1n) is 7.07. The van der Waals surface area contributed by atoms with Crippen molar-refractivity contribution in [3.63, 3.8) is 0 Å². The Balaban J connectivity index is 1.81. The van der Waals surface area contributed by atoms with Crippen LogP contribution in [0.1, 0.15) is 22.3 Å². The van der Waals surface area contributed by atoms with Crippen molar-refractivity contribution in [2.45, 2.75) is 12.8 Å². The van der Waals surface area contributed by atoms with Gasteiger partial charge in [-0.15, -0.1) is 0 Å². The minimum Gasteiger partial charge on any atom is -0.496 e. The number of aryl methyl sites for hydroxylation is 1. The molecule has 0 heterocycles. The highest BCUT2D eigenvalue weighted by molar-refractivity contribution is 9.10. The molecule has 0 bridgehead atoms. The van der Waals surface area contributed by atoms with Gasteiger partial charge in [0.05, 0.1) is 11.6 Å². The van der Waals surface area contributed by atoms with Crippen LogP contribution in [-0.2, 0) is 11.2 Å². The first-order chi connectivity index (χ1) is 11.1. The molecule has 0 aliphatic rings. The van der Waals surface area contributed by atoms with Gasteiger partial charge in [-0.1, -0.05) is 30.3 Å². The molecule has 0 aliphatic carbocycles. The van der Waals surface area contributed by atoms with Crippen molar-refractivity contribution in [1.82, 2.24) is 10.9 Å². The van der Waals surface area contributed by atoms with Crippen LogP contribution in [0.4, 0.5) is 0 Å². The summed E-state index contributed by atoms with van der Waals surface area (Å²) in [6.07, 6.45) is 0.924. The maximum atomic E-state index is 12.0. The van der Waals surface area contributed by atoms with Gasteiger partial charge in [-0.3, -0.25) is 20.4 Å². The van der Waals surface area contributed by atoms with Gasteiger partial charge in [0.1, 0.15) is 5.75 Å². The summed E-state index contributed by atoms with van der Waals surface area (Å²) in [5, 5.41) is 0. The summed E-state index contributed by atoms with van der Waals surface area (Å²) in [7, 11) is 1.55. The van der Waals surface area contributed by atoms with Crippen LogP contribution in [0.15, 0.2) is 53.0 Å². The fraction of sp³-hybridized carbons (Fsp3) is 0.176. The van der Waals surface area contributed by atoms with Crippen LogP contribution in [0.3, 0.4) is 0 Å². The van der Waals surface area contributed by atoms with Gasteiger partial charge in [0.25, 0.3) is 5.91 Å². The number of nitrogens with one attached hydrogen (secondary N) is 2. The van der Waals surface area contributed by atoms with Gasteiger partial charge in [-0.25, -0.2) is 0 Å². The molecule has 2 amide bonds. The van der Waals surface area contributed by atoms with E-state index in [1.807, 2.05) is 30.3 Å². The van der Waals surface area contributed by atoms with Crippen molar-refractivity contribution < 1.29 is 14.3 Å². The number of hydrogen-bond acceptors (Lipinski definition) is 3. The van der Waals surface area contributed by atoms with E-state index < -0.39 is 0 Å². The number of hydrazine groups is 1. The molecule has 0 unspecified atom stereocenters. The SMILES string of the molecule is COc1ccc(C(=O)NNC(=O)CCc2ccccc2)cc1Br. The lowest BCUT2D eigenvalue weighted by atomic mass is 10.1. The maximum Gasteiger partial charge on any atom is 0.269 e. The number of methoxy groups -OCH3 is 1. The third-order valence-corrected chi connectivity index (χ3v) is 3.83. The van der Waals surface area contributed by atoms with Crippen LogP contribution in [-0.4, -0.2) is 18.9 Å². The van der Waals surface area contributed by atoms with Crippen molar-refractivity contribution in [3.8, 4) is 5.75 Å². The average molecular weight is 377 g/mol. The Morgan fingerprint density at radius 1 is 1.09 bits per heavy atom. The van der Waals surface area contributed by atoms with E-state index in [0.29, 0.717) is 28.6 Å². The Kier molecular flexibility index (Phi) is 6.17. The Bertz CT molecular complexity index is 689. The molecule has 2 aromatic rings. The predicted octanol–water partition coefficient (Wildman–Crippen LogP) is 2.85. The summed E-state index contributed by atoms with van der Waals surface area (Å²) < 4.78 is 5.77. The molecule has 0 aromatic heterocycles. The van der Waals surface area contributed by atoms with Crippen LogP contribution in [0.25, 0.3) is 0 Å². The largest absolute Gasteiger partial charge is 0.496 e. The molecule has 0 spiro atoms. The second kappa shape index (κ2) is 8.33. The fourth-order valence-corrected chi connectivity index (χ4v) is 2.51. The Labute approximate surface area is 143 Å². The quantitative estimate of drug-likeness (QED) is 0.788. The first-order valence-corrected chi connectivity index (χ1v) is 7.86. The van der Waals surface area contributed by atoms with Crippen molar-refractivity contribution in [3.05, 3.63) is 64.1 Å². The fourth-order valence-electron chi connectivity index (χ4n) is 1.97. The summed E-state index contributed by atoms with van der Waals surface area (Å²) in [6, 6.07) is 14.6. The van der Waals surface area contributed by atoms with E-state index in [1.165, 1.54) is 0 Å². The second-order valence-electron chi connectivity index (χ2n) is 4.84. The Morgan fingerprint density at radius 3 is 2.48 bits per heavy atom. The van der Waals surface area contributed by atoms with Gasteiger partial charge >= 0.3 is 0 Å². The zero-order chi connectivity index (χ0) is 16.7. The van der Waals surface area contributed by atoms with E-state index in [4.69, 9.17) is 4.74 Å². The molecule has 5 nitrogen and oxygen atoms in total. The molecule has 2 N–H and O–H groups in total. The number of ether oxygens (including phenoxy) is 1. The number of halogens is 1. The van der Waals surface area contributed by atoms with E-state index in [2.05, 4.69) is 26.8 Å². The summed E-state index contributed by atoms with van der Waals surface area (Å²) in [5.74, 6) is 0.00430. The zero-order valence-corrected chi connectivity index (χ0v) is 14.2. The van der Waals surface area contributed by atoms with Gasteiger partial charge < -0.3 is 4.74 Å². The van der Waals surface area contributed by atoms with Crippen LogP contribution >= 0.6 is 15.9 Å². The predicted molar refractivity (Wildman–Crippen MR) is 91.1 cm³/mol. The molecule has 23 heavy (non-hydrogen) atoms. The minimum atomic E-state index is -0.388. The zero-order valence-electron chi connectivity index (χ0n) is 12.6. The topological polar surface area (TPSA) is 67.4 Å². The number of hydrogen-bond donors (Lipinski definition) is 2. The van der Waals surface area contributed by atoms with E-state index >= 15 is 0 Å². The standard InChI is InChI=1S/C17H17BrN2O3/c1-23-15-9-8-13(11-14(15)18)17(22)20-19-16(21)10-7-12-5-3-2-4-6-12/h2-6,8-9,11H,7,10H2,1H3,(H,19,21)(H,20,22). The summed E-state index contributed by atoms with van der Waals surface area (Å²) in [5.41, 5.74) is 6.31. The summed E-state index contributed by atoms with van der Waals surface area (Å²) in [4.78, 5) is 23.8. The Morgan fingerprint density at radius 2 is 1.83 bits per heavy atom. The third-order valence-electron chi connectivity index (χ3n) is 3.21. The van der Waals surface area contributed by atoms with Crippen LogP contribution in [0, 0.1) is 0 Å². The number of carbonyl (C=O) groups is 2. The molecule has 0 aliphatic heterocycles.